The number of fused-ring (bicyclic) bond motifs is 1. The lowest BCUT2D eigenvalue weighted by atomic mass is 9.71. The molecule has 0 aliphatic heterocycles. The van der Waals surface area contributed by atoms with E-state index in [1.807, 2.05) is 6.07 Å². The second-order valence-electron chi connectivity index (χ2n) is 5.89. The van der Waals surface area contributed by atoms with Crippen LogP contribution < -0.4 is 5.32 Å². The Balaban J connectivity index is 1.36. The molecule has 102 valence electrons. The number of aromatic amines is 1. The van der Waals surface area contributed by atoms with Crippen LogP contribution in [0.25, 0.3) is 11.3 Å². The highest BCUT2D eigenvalue weighted by molar-refractivity contribution is 5.58. The molecular formula is C17H19N3. The lowest BCUT2D eigenvalue weighted by Gasteiger charge is -2.40. The first-order valence-corrected chi connectivity index (χ1v) is 7.39. The Hall–Kier alpha value is -1.87. The minimum Gasteiger partial charge on any atom is -0.309 e. The zero-order valence-electron chi connectivity index (χ0n) is 11.4. The number of allylic oxidation sites excluding steroid dienone is 1. The van der Waals surface area contributed by atoms with Crippen LogP contribution in [0.2, 0.25) is 0 Å². The SMILES string of the molecule is C1=CC2C(C1)CC2NCc1ccc(-c2ccn[nH]2)cc1. The quantitative estimate of drug-likeness (QED) is 0.834. The molecule has 0 radical (unpaired) electrons. The number of benzene rings is 1. The van der Waals surface area contributed by atoms with E-state index in [9.17, 15) is 0 Å². The minimum absolute atomic E-state index is 0.686. The molecule has 1 heterocycles. The Morgan fingerprint density at radius 3 is 2.85 bits per heavy atom. The predicted octanol–water partition coefficient (Wildman–Crippen LogP) is 3.13. The van der Waals surface area contributed by atoms with Crippen LogP contribution in [0.15, 0.2) is 48.7 Å². The van der Waals surface area contributed by atoms with Gasteiger partial charge in [-0.05, 0) is 41.9 Å². The topological polar surface area (TPSA) is 40.7 Å². The van der Waals surface area contributed by atoms with Crippen molar-refractivity contribution in [1.82, 2.24) is 15.5 Å². The van der Waals surface area contributed by atoms with Gasteiger partial charge in [-0.25, -0.2) is 0 Å². The monoisotopic (exact) mass is 265 g/mol. The fourth-order valence-electron chi connectivity index (χ4n) is 3.42. The maximum Gasteiger partial charge on any atom is 0.0650 e. The van der Waals surface area contributed by atoms with Gasteiger partial charge in [0, 0.05) is 18.8 Å². The van der Waals surface area contributed by atoms with Gasteiger partial charge in [0.2, 0.25) is 0 Å². The van der Waals surface area contributed by atoms with E-state index < -0.39 is 0 Å². The van der Waals surface area contributed by atoms with Gasteiger partial charge >= 0.3 is 0 Å². The lowest BCUT2D eigenvalue weighted by molar-refractivity contribution is 0.162. The molecule has 2 N–H and O–H groups in total. The molecule has 3 nitrogen and oxygen atoms in total. The number of hydrogen-bond acceptors (Lipinski definition) is 2. The minimum atomic E-state index is 0.686. The van der Waals surface area contributed by atoms with E-state index in [2.05, 4.69) is 51.9 Å². The van der Waals surface area contributed by atoms with Crippen molar-refractivity contribution in [2.75, 3.05) is 0 Å². The van der Waals surface area contributed by atoms with Crippen molar-refractivity contribution < 1.29 is 0 Å². The second-order valence-corrected chi connectivity index (χ2v) is 5.89. The van der Waals surface area contributed by atoms with Crippen LogP contribution in [0.5, 0.6) is 0 Å². The maximum absolute atomic E-state index is 3.99. The highest BCUT2D eigenvalue weighted by Crippen LogP contribution is 2.42. The van der Waals surface area contributed by atoms with E-state index in [1.165, 1.54) is 24.0 Å². The van der Waals surface area contributed by atoms with Gasteiger partial charge in [-0.3, -0.25) is 5.10 Å². The van der Waals surface area contributed by atoms with Crippen LogP contribution in [-0.2, 0) is 6.54 Å². The largest absolute Gasteiger partial charge is 0.309 e. The van der Waals surface area contributed by atoms with Crippen molar-refractivity contribution in [1.29, 1.82) is 0 Å². The molecule has 0 amide bonds. The molecule has 0 saturated heterocycles. The van der Waals surface area contributed by atoms with Crippen molar-refractivity contribution in [2.45, 2.75) is 25.4 Å². The fraction of sp³-hybridized carbons (Fsp3) is 0.353. The third-order valence-electron chi connectivity index (χ3n) is 4.70. The number of hydrogen-bond donors (Lipinski definition) is 2. The van der Waals surface area contributed by atoms with Gasteiger partial charge in [0.25, 0.3) is 0 Å². The zero-order chi connectivity index (χ0) is 13.4. The lowest BCUT2D eigenvalue weighted by Crippen LogP contribution is -2.47. The van der Waals surface area contributed by atoms with Crippen LogP contribution in [0.3, 0.4) is 0 Å². The van der Waals surface area contributed by atoms with Crippen LogP contribution in [0, 0.1) is 11.8 Å². The Bertz CT molecular complexity index is 598. The second kappa shape index (κ2) is 4.91. The van der Waals surface area contributed by atoms with Crippen molar-refractivity contribution in [2.24, 2.45) is 11.8 Å². The van der Waals surface area contributed by atoms with E-state index >= 15 is 0 Å². The Kier molecular flexibility index (Phi) is 2.92. The molecule has 1 aromatic heterocycles. The third-order valence-corrected chi connectivity index (χ3v) is 4.70. The highest BCUT2D eigenvalue weighted by atomic mass is 15.1. The Morgan fingerprint density at radius 1 is 1.20 bits per heavy atom. The van der Waals surface area contributed by atoms with Gasteiger partial charge in [-0.15, -0.1) is 0 Å². The van der Waals surface area contributed by atoms with Crippen LogP contribution >= 0.6 is 0 Å². The molecule has 3 unspecified atom stereocenters. The fourth-order valence-corrected chi connectivity index (χ4v) is 3.42. The van der Waals surface area contributed by atoms with Crippen molar-refractivity contribution in [3.63, 3.8) is 0 Å². The molecule has 2 aliphatic rings. The summed E-state index contributed by atoms with van der Waals surface area (Å²) in [6.45, 7) is 0.963. The standard InChI is InChI=1S/C17H19N3/c1-2-14-10-17(15(14)3-1)18-11-12-4-6-13(7-5-12)16-8-9-19-20-16/h1,3-9,14-15,17-18H,2,10-11H2,(H,19,20). The summed E-state index contributed by atoms with van der Waals surface area (Å²) in [6.07, 6.45) is 9.15. The van der Waals surface area contributed by atoms with Crippen molar-refractivity contribution >= 4 is 0 Å². The maximum atomic E-state index is 3.99. The van der Waals surface area contributed by atoms with Crippen LogP contribution in [-0.4, -0.2) is 16.2 Å². The average molecular weight is 265 g/mol. The molecule has 1 saturated carbocycles. The van der Waals surface area contributed by atoms with Crippen LogP contribution in [0.1, 0.15) is 18.4 Å². The van der Waals surface area contributed by atoms with Gasteiger partial charge in [-0.2, -0.15) is 5.10 Å². The molecule has 20 heavy (non-hydrogen) atoms. The normalized spacial score (nSPS) is 27.3. The molecule has 1 aromatic carbocycles. The van der Waals surface area contributed by atoms with E-state index in [4.69, 9.17) is 0 Å². The first-order valence-electron chi connectivity index (χ1n) is 7.39. The molecule has 2 aromatic rings. The summed E-state index contributed by atoms with van der Waals surface area (Å²) in [4.78, 5) is 0. The number of nitrogens with one attached hydrogen (secondary N) is 2. The average Bonchev–Trinajstić information content (AvgIpc) is 3.10. The van der Waals surface area contributed by atoms with Gasteiger partial charge in [0.1, 0.15) is 0 Å². The summed E-state index contributed by atoms with van der Waals surface area (Å²) < 4.78 is 0. The van der Waals surface area contributed by atoms with Gasteiger partial charge in [-0.1, -0.05) is 36.4 Å². The molecule has 0 spiro atoms. The highest BCUT2D eigenvalue weighted by Gasteiger charge is 2.40. The van der Waals surface area contributed by atoms with E-state index in [0.717, 1.165) is 24.1 Å². The Labute approximate surface area is 119 Å². The number of nitrogens with zero attached hydrogens (tertiary/aromatic N) is 1. The summed E-state index contributed by atoms with van der Waals surface area (Å²) in [5, 5.41) is 10.7. The summed E-state index contributed by atoms with van der Waals surface area (Å²) in [5.41, 5.74) is 3.61. The van der Waals surface area contributed by atoms with Gasteiger partial charge in [0.05, 0.1) is 5.69 Å². The van der Waals surface area contributed by atoms with Crippen LogP contribution in [0.4, 0.5) is 0 Å². The summed E-state index contributed by atoms with van der Waals surface area (Å²) in [6, 6.07) is 11.4. The third kappa shape index (κ3) is 2.08. The van der Waals surface area contributed by atoms with Crippen molar-refractivity contribution in [3.05, 3.63) is 54.2 Å². The first kappa shape index (κ1) is 11.9. The van der Waals surface area contributed by atoms with Gasteiger partial charge < -0.3 is 5.32 Å². The van der Waals surface area contributed by atoms with Gasteiger partial charge in [0.15, 0.2) is 0 Å². The number of aromatic nitrogens is 2. The zero-order valence-corrected chi connectivity index (χ0v) is 11.4. The summed E-state index contributed by atoms with van der Waals surface area (Å²) >= 11 is 0. The van der Waals surface area contributed by atoms with E-state index in [-0.39, 0.29) is 0 Å². The van der Waals surface area contributed by atoms with E-state index in [0.29, 0.717) is 6.04 Å². The predicted molar refractivity (Wildman–Crippen MR) is 80.0 cm³/mol. The summed E-state index contributed by atoms with van der Waals surface area (Å²) in [5.74, 6) is 1.72. The summed E-state index contributed by atoms with van der Waals surface area (Å²) in [7, 11) is 0. The number of H-pyrrole nitrogens is 1. The Morgan fingerprint density at radius 2 is 2.10 bits per heavy atom. The first-order chi connectivity index (χ1) is 9.90. The smallest absolute Gasteiger partial charge is 0.0650 e. The molecule has 3 heteroatoms. The molecular weight excluding hydrogens is 246 g/mol. The van der Waals surface area contributed by atoms with E-state index in [1.54, 1.807) is 6.20 Å². The molecule has 3 atom stereocenters. The molecule has 1 fully saturated rings. The molecule has 4 rings (SSSR count). The van der Waals surface area contributed by atoms with Crippen molar-refractivity contribution in [3.8, 4) is 11.3 Å². The number of rotatable bonds is 4. The molecule has 2 aliphatic carbocycles. The molecule has 0 bridgehead atoms.